The number of H-pyrrole nitrogens is 1. The summed E-state index contributed by atoms with van der Waals surface area (Å²) in [5.74, 6) is 1.82. The number of aromatic amines is 1. The van der Waals surface area contributed by atoms with Crippen LogP contribution in [0.15, 0.2) is 9.95 Å². The maximum Gasteiger partial charge on any atom is 0.343 e. The molecule has 0 aromatic carbocycles. The van der Waals surface area contributed by atoms with Crippen LogP contribution in [0.1, 0.15) is 33.1 Å². The minimum absolute atomic E-state index is 0.107. The molecule has 1 aliphatic carbocycles. The molecule has 0 amide bonds. The topological polar surface area (TPSA) is 62.7 Å². The summed E-state index contributed by atoms with van der Waals surface area (Å²) in [5.41, 5.74) is -0.107. The van der Waals surface area contributed by atoms with Crippen molar-refractivity contribution in [1.82, 2.24) is 20.1 Å². The lowest BCUT2D eigenvalue weighted by molar-refractivity contribution is 0.502. The molecule has 1 fully saturated rings. The van der Waals surface area contributed by atoms with E-state index in [1.807, 2.05) is 6.92 Å². The van der Waals surface area contributed by atoms with E-state index in [4.69, 9.17) is 0 Å². The van der Waals surface area contributed by atoms with Gasteiger partial charge in [-0.3, -0.25) is 4.57 Å². The van der Waals surface area contributed by atoms with Crippen molar-refractivity contribution in [3.63, 3.8) is 0 Å². The molecule has 1 aromatic heterocycles. The average Bonchev–Trinajstić information content (AvgIpc) is 3.14. The zero-order valence-corrected chi connectivity index (χ0v) is 11.9. The van der Waals surface area contributed by atoms with Gasteiger partial charge in [0.15, 0.2) is 5.16 Å². The van der Waals surface area contributed by atoms with Gasteiger partial charge >= 0.3 is 5.69 Å². The summed E-state index contributed by atoms with van der Waals surface area (Å²) in [5, 5.41) is 11.0. The first-order valence-corrected chi connectivity index (χ1v) is 7.76. The van der Waals surface area contributed by atoms with Crippen LogP contribution in [-0.4, -0.2) is 33.1 Å². The highest BCUT2D eigenvalue weighted by Gasteiger charge is 2.30. The van der Waals surface area contributed by atoms with E-state index in [1.54, 1.807) is 16.3 Å². The van der Waals surface area contributed by atoms with E-state index >= 15 is 0 Å². The number of aromatic nitrogens is 3. The van der Waals surface area contributed by atoms with Crippen molar-refractivity contribution >= 4 is 11.8 Å². The van der Waals surface area contributed by atoms with Gasteiger partial charge in [-0.25, -0.2) is 9.89 Å². The third-order valence-electron chi connectivity index (χ3n) is 3.28. The fourth-order valence-corrected chi connectivity index (χ4v) is 3.24. The van der Waals surface area contributed by atoms with Crippen LogP contribution in [0.2, 0.25) is 0 Å². The van der Waals surface area contributed by atoms with E-state index in [0.29, 0.717) is 12.6 Å². The highest BCUT2D eigenvalue weighted by molar-refractivity contribution is 7.99. The van der Waals surface area contributed by atoms with Crippen LogP contribution in [0.25, 0.3) is 0 Å². The van der Waals surface area contributed by atoms with Gasteiger partial charge in [0, 0.05) is 18.3 Å². The van der Waals surface area contributed by atoms with E-state index < -0.39 is 0 Å². The summed E-state index contributed by atoms with van der Waals surface area (Å²) in [6.07, 6.45) is 3.84. The van der Waals surface area contributed by atoms with Crippen LogP contribution >= 0.6 is 11.8 Å². The van der Waals surface area contributed by atoms with Crippen LogP contribution in [0.3, 0.4) is 0 Å². The molecule has 0 spiro atoms. The molecule has 1 aliphatic rings. The lowest BCUT2D eigenvalue weighted by Gasteiger charge is -2.17. The Hall–Kier alpha value is -0.750. The summed E-state index contributed by atoms with van der Waals surface area (Å²) in [6, 6.07) is 0.562. The molecule has 2 N–H and O–H groups in total. The Morgan fingerprint density at radius 1 is 1.56 bits per heavy atom. The number of hydrogen-bond donors (Lipinski definition) is 2. The number of nitrogens with zero attached hydrogens (tertiary/aromatic N) is 2. The molecule has 2 rings (SSSR count). The molecule has 1 heterocycles. The maximum atomic E-state index is 11.4. The van der Waals surface area contributed by atoms with E-state index in [1.165, 1.54) is 12.8 Å². The van der Waals surface area contributed by atoms with Crippen molar-refractivity contribution in [2.45, 2.75) is 50.9 Å². The highest BCUT2D eigenvalue weighted by Crippen LogP contribution is 2.34. The lowest BCUT2D eigenvalue weighted by atomic mass is 10.2. The van der Waals surface area contributed by atoms with Crippen molar-refractivity contribution in [3.05, 3.63) is 10.5 Å². The second-order valence-corrected chi connectivity index (χ2v) is 5.75. The Morgan fingerprint density at radius 3 is 2.94 bits per heavy atom. The maximum absolute atomic E-state index is 11.4. The monoisotopic (exact) mass is 270 g/mol. The van der Waals surface area contributed by atoms with Gasteiger partial charge in [0.2, 0.25) is 0 Å². The van der Waals surface area contributed by atoms with Gasteiger partial charge in [0.25, 0.3) is 0 Å². The summed E-state index contributed by atoms with van der Waals surface area (Å²) in [4.78, 5) is 11.4. The Labute approximate surface area is 112 Å². The van der Waals surface area contributed by atoms with Gasteiger partial charge in [-0.1, -0.05) is 18.7 Å². The van der Waals surface area contributed by atoms with Gasteiger partial charge in [-0.2, -0.15) is 0 Å². The molecule has 0 radical (unpaired) electrons. The normalized spacial score (nSPS) is 17.0. The Bertz CT molecular complexity index is 424. The zero-order valence-electron chi connectivity index (χ0n) is 11.1. The fraction of sp³-hybridized carbons (Fsp3) is 0.833. The first kappa shape index (κ1) is 13.7. The van der Waals surface area contributed by atoms with Crippen molar-refractivity contribution < 1.29 is 0 Å². The number of hydrogen-bond acceptors (Lipinski definition) is 4. The Balaban J connectivity index is 1.90. The van der Waals surface area contributed by atoms with Gasteiger partial charge in [0.05, 0.1) is 0 Å². The minimum atomic E-state index is -0.107. The molecule has 1 saturated carbocycles. The fourth-order valence-electron chi connectivity index (χ4n) is 2.05. The van der Waals surface area contributed by atoms with Crippen molar-refractivity contribution in [3.8, 4) is 0 Å². The van der Waals surface area contributed by atoms with E-state index in [9.17, 15) is 4.79 Å². The van der Waals surface area contributed by atoms with E-state index in [2.05, 4.69) is 22.4 Å². The zero-order chi connectivity index (χ0) is 13.0. The molecule has 0 saturated heterocycles. The number of nitrogens with one attached hydrogen (secondary N) is 2. The molecule has 0 aliphatic heterocycles. The third kappa shape index (κ3) is 3.38. The first-order valence-electron chi connectivity index (χ1n) is 6.77. The SMILES string of the molecule is CCCNC(CSc1n[nH]c(=O)n1CC)C1CC1. The molecule has 1 unspecified atom stereocenters. The highest BCUT2D eigenvalue weighted by atomic mass is 32.2. The van der Waals surface area contributed by atoms with Gasteiger partial charge in [-0.15, -0.1) is 5.10 Å². The molecule has 1 aromatic rings. The molecule has 18 heavy (non-hydrogen) atoms. The van der Waals surface area contributed by atoms with E-state index in [-0.39, 0.29) is 5.69 Å². The predicted molar refractivity (Wildman–Crippen MR) is 74.1 cm³/mol. The molecule has 1 atom stereocenters. The molecule has 5 nitrogen and oxygen atoms in total. The molecule has 0 bridgehead atoms. The van der Waals surface area contributed by atoms with Crippen LogP contribution in [0, 0.1) is 5.92 Å². The molecule has 6 heteroatoms. The lowest BCUT2D eigenvalue weighted by Crippen LogP contribution is -2.34. The molecular formula is C12H22N4OS. The van der Waals surface area contributed by atoms with Crippen LogP contribution in [0.4, 0.5) is 0 Å². The predicted octanol–water partition coefficient (Wildman–Crippen LogP) is 1.46. The standard InChI is InChI=1S/C12H22N4OS/c1-3-7-13-10(9-5-6-9)8-18-12-15-14-11(17)16(12)4-2/h9-10,13H,3-8H2,1-2H3,(H,14,17). The summed E-state index contributed by atoms with van der Waals surface area (Å²) in [7, 11) is 0. The van der Waals surface area contributed by atoms with Crippen molar-refractivity contribution in [1.29, 1.82) is 0 Å². The third-order valence-corrected chi connectivity index (χ3v) is 4.37. The average molecular weight is 270 g/mol. The van der Waals surface area contributed by atoms with Crippen molar-refractivity contribution in [2.75, 3.05) is 12.3 Å². The number of thioether (sulfide) groups is 1. The second kappa shape index (κ2) is 6.43. The van der Waals surface area contributed by atoms with Crippen LogP contribution in [-0.2, 0) is 6.54 Å². The van der Waals surface area contributed by atoms with Gasteiger partial charge < -0.3 is 5.32 Å². The van der Waals surface area contributed by atoms with E-state index in [0.717, 1.165) is 29.8 Å². The second-order valence-electron chi connectivity index (χ2n) is 4.76. The quantitative estimate of drug-likeness (QED) is 0.702. The Morgan fingerprint density at radius 2 is 2.33 bits per heavy atom. The van der Waals surface area contributed by atoms with Gasteiger partial charge in [-0.05, 0) is 38.6 Å². The first-order chi connectivity index (χ1) is 8.76. The molecule has 102 valence electrons. The molecular weight excluding hydrogens is 248 g/mol. The summed E-state index contributed by atoms with van der Waals surface area (Å²) in [6.45, 7) is 5.90. The summed E-state index contributed by atoms with van der Waals surface area (Å²) < 4.78 is 1.69. The van der Waals surface area contributed by atoms with Crippen molar-refractivity contribution in [2.24, 2.45) is 5.92 Å². The van der Waals surface area contributed by atoms with Gasteiger partial charge in [0.1, 0.15) is 0 Å². The van der Waals surface area contributed by atoms with Crippen LogP contribution in [0.5, 0.6) is 0 Å². The minimum Gasteiger partial charge on any atom is -0.313 e. The van der Waals surface area contributed by atoms with Crippen LogP contribution < -0.4 is 11.0 Å². The Kier molecular flexibility index (Phi) is 4.88. The smallest absolute Gasteiger partial charge is 0.313 e. The number of rotatable bonds is 8. The largest absolute Gasteiger partial charge is 0.343 e. The summed E-state index contributed by atoms with van der Waals surface area (Å²) >= 11 is 1.68.